The summed E-state index contributed by atoms with van der Waals surface area (Å²) in [6.45, 7) is 4.83. The first kappa shape index (κ1) is 15.5. The van der Waals surface area contributed by atoms with Crippen LogP contribution in [0.4, 0.5) is 15.8 Å². The molecule has 112 valence electrons. The van der Waals surface area contributed by atoms with Crippen LogP contribution in [0.3, 0.4) is 0 Å². The number of nitrogens with two attached hydrogens (primary N) is 1. The second-order valence-corrected chi connectivity index (χ2v) is 5.30. The monoisotopic (exact) mass is 286 g/mol. The molecular formula is C18H23FN2. The van der Waals surface area contributed by atoms with Crippen LogP contribution in [0.1, 0.15) is 38.3 Å². The molecule has 0 aliphatic rings. The third kappa shape index (κ3) is 3.61. The Morgan fingerprint density at radius 2 is 1.81 bits per heavy atom. The predicted molar refractivity (Wildman–Crippen MR) is 87.4 cm³/mol. The highest BCUT2D eigenvalue weighted by Crippen LogP contribution is 2.33. The molecule has 2 aromatic rings. The van der Waals surface area contributed by atoms with Gasteiger partial charge in [-0.05, 0) is 37.6 Å². The van der Waals surface area contributed by atoms with E-state index in [2.05, 4.69) is 11.8 Å². The SMILES string of the molecule is CCCCN(c1ccccc1)c1cccc(F)c1[C@H](C)N. The van der Waals surface area contributed by atoms with E-state index in [0.29, 0.717) is 5.56 Å². The van der Waals surface area contributed by atoms with Crippen LogP contribution in [-0.4, -0.2) is 6.54 Å². The van der Waals surface area contributed by atoms with Gasteiger partial charge in [0.25, 0.3) is 0 Å². The van der Waals surface area contributed by atoms with Crippen molar-refractivity contribution in [3.63, 3.8) is 0 Å². The van der Waals surface area contributed by atoms with E-state index >= 15 is 0 Å². The molecule has 21 heavy (non-hydrogen) atoms. The Morgan fingerprint density at radius 1 is 1.10 bits per heavy atom. The van der Waals surface area contributed by atoms with E-state index in [1.807, 2.05) is 43.3 Å². The highest BCUT2D eigenvalue weighted by molar-refractivity contribution is 5.67. The maximum atomic E-state index is 14.2. The first-order valence-corrected chi connectivity index (χ1v) is 7.51. The molecule has 0 radical (unpaired) electrons. The molecule has 0 unspecified atom stereocenters. The molecule has 0 bridgehead atoms. The lowest BCUT2D eigenvalue weighted by atomic mass is 10.0. The van der Waals surface area contributed by atoms with Crippen LogP contribution in [-0.2, 0) is 0 Å². The van der Waals surface area contributed by atoms with Gasteiger partial charge in [0.05, 0.1) is 0 Å². The van der Waals surface area contributed by atoms with Crippen LogP contribution < -0.4 is 10.6 Å². The van der Waals surface area contributed by atoms with Gasteiger partial charge in [0.2, 0.25) is 0 Å². The number of nitrogens with zero attached hydrogens (tertiary/aromatic N) is 1. The van der Waals surface area contributed by atoms with E-state index in [9.17, 15) is 4.39 Å². The van der Waals surface area contributed by atoms with Crippen molar-refractivity contribution in [2.24, 2.45) is 5.73 Å². The minimum absolute atomic E-state index is 0.236. The van der Waals surface area contributed by atoms with Gasteiger partial charge in [-0.1, -0.05) is 37.6 Å². The molecule has 2 N–H and O–H groups in total. The largest absolute Gasteiger partial charge is 0.341 e. The van der Waals surface area contributed by atoms with Gasteiger partial charge in [-0.25, -0.2) is 4.39 Å². The first-order chi connectivity index (χ1) is 10.1. The van der Waals surface area contributed by atoms with Crippen LogP contribution in [0.5, 0.6) is 0 Å². The van der Waals surface area contributed by atoms with Gasteiger partial charge in [0, 0.05) is 29.5 Å². The maximum Gasteiger partial charge on any atom is 0.130 e. The fraction of sp³-hybridized carbons (Fsp3) is 0.333. The minimum Gasteiger partial charge on any atom is -0.341 e. The summed E-state index contributed by atoms with van der Waals surface area (Å²) in [6, 6.07) is 14.9. The summed E-state index contributed by atoms with van der Waals surface area (Å²) in [7, 11) is 0. The molecule has 0 amide bonds. The third-order valence-corrected chi connectivity index (χ3v) is 3.58. The summed E-state index contributed by atoms with van der Waals surface area (Å²) >= 11 is 0. The number of hydrogen-bond acceptors (Lipinski definition) is 2. The van der Waals surface area contributed by atoms with Gasteiger partial charge in [-0.2, -0.15) is 0 Å². The number of rotatable bonds is 6. The summed E-state index contributed by atoms with van der Waals surface area (Å²) in [4.78, 5) is 2.16. The Morgan fingerprint density at radius 3 is 2.43 bits per heavy atom. The number of unbranched alkanes of at least 4 members (excludes halogenated alkanes) is 1. The lowest BCUT2D eigenvalue weighted by Gasteiger charge is -2.28. The summed E-state index contributed by atoms with van der Waals surface area (Å²) < 4.78 is 14.2. The second-order valence-electron chi connectivity index (χ2n) is 5.30. The van der Waals surface area contributed by atoms with Crippen molar-refractivity contribution in [3.8, 4) is 0 Å². The standard InChI is InChI=1S/C18H23FN2/c1-3-4-13-21(15-9-6-5-7-10-15)17-12-8-11-16(19)18(17)14(2)20/h5-12,14H,3-4,13,20H2,1-2H3/t14-/m0/s1. The third-order valence-electron chi connectivity index (χ3n) is 3.58. The molecule has 1 atom stereocenters. The smallest absolute Gasteiger partial charge is 0.130 e. The average Bonchev–Trinajstić information content (AvgIpc) is 2.48. The van der Waals surface area contributed by atoms with Crippen LogP contribution >= 0.6 is 0 Å². The van der Waals surface area contributed by atoms with Crippen LogP contribution in [0.2, 0.25) is 0 Å². The van der Waals surface area contributed by atoms with Crippen molar-refractivity contribution in [1.82, 2.24) is 0 Å². The summed E-state index contributed by atoms with van der Waals surface area (Å²) in [5.41, 5.74) is 8.51. The van der Waals surface area contributed by atoms with Gasteiger partial charge in [0.15, 0.2) is 0 Å². The zero-order valence-electron chi connectivity index (χ0n) is 12.7. The number of benzene rings is 2. The van der Waals surface area contributed by atoms with E-state index in [0.717, 1.165) is 30.8 Å². The molecule has 0 aliphatic heterocycles. The van der Waals surface area contributed by atoms with E-state index in [4.69, 9.17) is 5.73 Å². The Labute approximate surface area is 126 Å². The lowest BCUT2D eigenvalue weighted by molar-refractivity contribution is 0.593. The Bertz CT molecular complexity index is 567. The van der Waals surface area contributed by atoms with Gasteiger partial charge >= 0.3 is 0 Å². The molecule has 2 nitrogen and oxygen atoms in total. The maximum absolute atomic E-state index is 14.2. The van der Waals surface area contributed by atoms with Crippen LogP contribution in [0.15, 0.2) is 48.5 Å². The fourth-order valence-electron chi connectivity index (χ4n) is 2.52. The molecule has 3 heteroatoms. The van der Waals surface area contributed by atoms with Gasteiger partial charge in [0.1, 0.15) is 5.82 Å². The Hall–Kier alpha value is -1.87. The van der Waals surface area contributed by atoms with Crippen molar-refractivity contribution in [2.75, 3.05) is 11.4 Å². The van der Waals surface area contributed by atoms with E-state index in [-0.39, 0.29) is 11.9 Å². The number of hydrogen-bond donors (Lipinski definition) is 1. The molecule has 0 heterocycles. The molecule has 0 fully saturated rings. The minimum atomic E-state index is -0.339. The molecule has 0 spiro atoms. The Kier molecular flexibility index (Phi) is 5.34. The van der Waals surface area contributed by atoms with E-state index < -0.39 is 0 Å². The molecule has 0 saturated heterocycles. The Balaban J connectivity index is 2.49. The van der Waals surface area contributed by atoms with Crippen molar-refractivity contribution in [1.29, 1.82) is 0 Å². The summed E-state index contributed by atoms with van der Waals surface area (Å²) in [5, 5.41) is 0. The highest BCUT2D eigenvalue weighted by atomic mass is 19.1. The normalized spacial score (nSPS) is 12.2. The van der Waals surface area contributed by atoms with Crippen molar-refractivity contribution in [3.05, 3.63) is 59.9 Å². The lowest BCUT2D eigenvalue weighted by Crippen LogP contribution is -2.22. The molecular weight excluding hydrogens is 263 g/mol. The second kappa shape index (κ2) is 7.23. The first-order valence-electron chi connectivity index (χ1n) is 7.51. The van der Waals surface area contributed by atoms with Crippen molar-refractivity contribution >= 4 is 11.4 Å². The molecule has 0 saturated carbocycles. The van der Waals surface area contributed by atoms with Gasteiger partial charge in [-0.15, -0.1) is 0 Å². The fourth-order valence-corrected chi connectivity index (χ4v) is 2.52. The van der Waals surface area contributed by atoms with Gasteiger partial charge in [-0.3, -0.25) is 0 Å². The highest BCUT2D eigenvalue weighted by Gasteiger charge is 2.18. The van der Waals surface area contributed by atoms with E-state index in [1.54, 1.807) is 6.07 Å². The zero-order valence-corrected chi connectivity index (χ0v) is 12.7. The molecule has 2 rings (SSSR count). The van der Waals surface area contributed by atoms with Gasteiger partial charge < -0.3 is 10.6 Å². The van der Waals surface area contributed by atoms with E-state index in [1.165, 1.54) is 6.07 Å². The van der Waals surface area contributed by atoms with Crippen LogP contribution in [0, 0.1) is 5.82 Å². The topological polar surface area (TPSA) is 29.3 Å². The van der Waals surface area contributed by atoms with Crippen molar-refractivity contribution in [2.45, 2.75) is 32.7 Å². The number of anilines is 2. The predicted octanol–water partition coefficient (Wildman–Crippen LogP) is 4.78. The zero-order chi connectivity index (χ0) is 15.2. The number of para-hydroxylation sites is 1. The molecule has 0 aliphatic carbocycles. The molecule has 0 aromatic heterocycles. The average molecular weight is 286 g/mol. The molecule has 2 aromatic carbocycles. The van der Waals surface area contributed by atoms with Crippen LogP contribution in [0.25, 0.3) is 0 Å². The number of halogens is 1. The summed E-state index contributed by atoms with van der Waals surface area (Å²) in [6.07, 6.45) is 2.13. The quantitative estimate of drug-likeness (QED) is 0.827. The summed E-state index contributed by atoms with van der Waals surface area (Å²) in [5.74, 6) is -0.236. The van der Waals surface area contributed by atoms with Crippen molar-refractivity contribution < 1.29 is 4.39 Å².